The monoisotopic (exact) mass is 306 g/mol. The molecular formula is C11H18N2O6S. The fourth-order valence-corrected chi connectivity index (χ4v) is 2.43. The van der Waals surface area contributed by atoms with Crippen molar-refractivity contribution in [1.82, 2.24) is 9.71 Å². The van der Waals surface area contributed by atoms with E-state index in [9.17, 15) is 13.2 Å². The summed E-state index contributed by atoms with van der Waals surface area (Å²) in [4.78, 5) is 12.9. The number of carboxylic acid groups (broad SMARTS) is 1. The van der Waals surface area contributed by atoms with Crippen LogP contribution in [0, 0.1) is 0 Å². The topological polar surface area (TPSA) is 118 Å². The molecule has 0 bridgehead atoms. The number of sulfonamides is 1. The average Bonchev–Trinajstić information content (AvgIpc) is 2.88. The van der Waals surface area contributed by atoms with E-state index in [-0.39, 0.29) is 17.1 Å². The van der Waals surface area contributed by atoms with E-state index in [0.717, 1.165) is 12.3 Å². The zero-order valence-corrected chi connectivity index (χ0v) is 11.9. The molecule has 20 heavy (non-hydrogen) atoms. The molecular weight excluding hydrogens is 288 g/mol. The molecule has 1 rings (SSSR count). The molecule has 0 aliphatic heterocycles. The van der Waals surface area contributed by atoms with Crippen LogP contribution >= 0.6 is 0 Å². The number of aromatic nitrogens is 1. The second kappa shape index (κ2) is 8.00. The second-order valence-electron chi connectivity index (χ2n) is 3.91. The first-order valence-corrected chi connectivity index (χ1v) is 7.44. The van der Waals surface area contributed by atoms with Crippen LogP contribution in [0.3, 0.4) is 0 Å². The van der Waals surface area contributed by atoms with E-state index in [1.807, 2.05) is 0 Å². The van der Waals surface area contributed by atoms with Crippen molar-refractivity contribution >= 4 is 16.0 Å². The minimum atomic E-state index is -3.70. The van der Waals surface area contributed by atoms with E-state index in [4.69, 9.17) is 14.6 Å². The number of methoxy groups -OCH3 is 1. The quantitative estimate of drug-likeness (QED) is 0.525. The molecule has 0 saturated carbocycles. The Balaban J connectivity index is 2.36. The zero-order valence-electron chi connectivity index (χ0n) is 11.1. The van der Waals surface area contributed by atoms with Crippen LogP contribution < -0.4 is 4.72 Å². The zero-order chi connectivity index (χ0) is 15.0. The summed E-state index contributed by atoms with van der Waals surface area (Å²) < 4.78 is 36.0. The van der Waals surface area contributed by atoms with Crippen molar-refractivity contribution in [3.63, 3.8) is 0 Å². The predicted molar refractivity (Wildman–Crippen MR) is 70.3 cm³/mol. The highest BCUT2D eigenvalue weighted by Crippen LogP contribution is 2.10. The number of carboxylic acids is 1. The van der Waals surface area contributed by atoms with Crippen molar-refractivity contribution in [2.24, 2.45) is 0 Å². The second-order valence-corrected chi connectivity index (χ2v) is 5.68. The van der Waals surface area contributed by atoms with Crippen LogP contribution in [0.1, 0.15) is 16.9 Å². The average molecular weight is 306 g/mol. The molecule has 114 valence electrons. The van der Waals surface area contributed by atoms with Gasteiger partial charge in [0.25, 0.3) is 0 Å². The van der Waals surface area contributed by atoms with Gasteiger partial charge in [-0.25, -0.2) is 17.9 Å². The van der Waals surface area contributed by atoms with Crippen LogP contribution in [0.2, 0.25) is 0 Å². The van der Waals surface area contributed by atoms with E-state index in [1.165, 1.54) is 0 Å². The third kappa shape index (κ3) is 5.29. The van der Waals surface area contributed by atoms with Gasteiger partial charge in [-0.2, -0.15) is 0 Å². The van der Waals surface area contributed by atoms with Gasteiger partial charge in [-0.3, -0.25) is 0 Å². The van der Waals surface area contributed by atoms with Gasteiger partial charge in [0, 0.05) is 26.5 Å². The SMILES string of the molecule is COCCOCCCNS(=O)(=O)c1c[nH]c(C(=O)O)c1. The molecule has 0 unspecified atom stereocenters. The molecule has 8 nitrogen and oxygen atoms in total. The van der Waals surface area contributed by atoms with Crippen LogP contribution in [-0.2, 0) is 19.5 Å². The minimum absolute atomic E-state index is 0.102. The summed E-state index contributed by atoms with van der Waals surface area (Å²) in [5.74, 6) is -1.21. The first-order chi connectivity index (χ1) is 9.47. The number of aromatic amines is 1. The molecule has 0 aliphatic rings. The Bertz CT molecular complexity index is 525. The van der Waals surface area contributed by atoms with Gasteiger partial charge >= 0.3 is 5.97 Å². The fourth-order valence-electron chi connectivity index (χ4n) is 1.36. The highest BCUT2D eigenvalue weighted by molar-refractivity contribution is 7.89. The summed E-state index contributed by atoms with van der Waals surface area (Å²) >= 11 is 0. The lowest BCUT2D eigenvalue weighted by atomic mass is 10.4. The normalized spacial score (nSPS) is 11.7. The number of H-pyrrole nitrogens is 1. The van der Waals surface area contributed by atoms with Crippen LogP contribution in [0.25, 0.3) is 0 Å². The molecule has 9 heteroatoms. The molecule has 0 aromatic carbocycles. The van der Waals surface area contributed by atoms with Gasteiger partial charge in [0.15, 0.2) is 0 Å². The highest BCUT2D eigenvalue weighted by Gasteiger charge is 2.17. The van der Waals surface area contributed by atoms with Crippen molar-refractivity contribution in [2.75, 3.05) is 33.5 Å². The van der Waals surface area contributed by atoms with Crippen LogP contribution in [0.15, 0.2) is 17.2 Å². The number of rotatable bonds is 10. The molecule has 0 aliphatic carbocycles. The molecule has 0 saturated heterocycles. The maximum Gasteiger partial charge on any atom is 0.352 e. The molecule has 0 atom stereocenters. The number of aromatic carboxylic acids is 1. The lowest BCUT2D eigenvalue weighted by Crippen LogP contribution is -2.25. The number of nitrogens with one attached hydrogen (secondary N) is 2. The van der Waals surface area contributed by atoms with E-state index >= 15 is 0 Å². The molecule has 0 amide bonds. The molecule has 1 aromatic heterocycles. The summed E-state index contributed by atoms with van der Waals surface area (Å²) in [5, 5.41) is 8.71. The Hall–Kier alpha value is -1.42. The molecule has 0 radical (unpaired) electrons. The van der Waals surface area contributed by atoms with Gasteiger partial charge in [0.2, 0.25) is 10.0 Å². The number of carbonyl (C=O) groups is 1. The van der Waals surface area contributed by atoms with Crippen molar-refractivity contribution in [3.05, 3.63) is 18.0 Å². The summed E-state index contributed by atoms with van der Waals surface area (Å²) in [7, 11) is -2.13. The molecule has 3 N–H and O–H groups in total. The van der Waals surface area contributed by atoms with Crippen molar-refractivity contribution in [3.8, 4) is 0 Å². The highest BCUT2D eigenvalue weighted by atomic mass is 32.2. The molecule has 0 spiro atoms. The summed E-state index contributed by atoms with van der Waals surface area (Å²) in [6.07, 6.45) is 1.65. The van der Waals surface area contributed by atoms with E-state index < -0.39 is 16.0 Å². The summed E-state index contributed by atoms with van der Waals surface area (Å²) in [6, 6.07) is 1.07. The smallest absolute Gasteiger partial charge is 0.352 e. The Kier molecular flexibility index (Phi) is 6.65. The van der Waals surface area contributed by atoms with Gasteiger partial charge in [-0.1, -0.05) is 0 Å². The van der Waals surface area contributed by atoms with Gasteiger partial charge < -0.3 is 19.6 Å². The molecule has 1 aromatic rings. The number of hydrogen-bond acceptors (Lipinski definition) is 5. The fraction of sp³-hybridized carbons (Fsp3) is 0.545. The lowest BCUT2D eigenvalue weighted by molar-refractivity contribution is 0.0691. The third-order valence-electron chi connectivity index (χ3n) is 2.39. The largest absolute Gasteiger partial charge is 0.477 e. The van der Waals surface area contributed by atoms with E-state index in [0.29, 0.717) is 26.2 Å². The van der Waals surface area contributed by atoms with Gasteiger partial charge in [-0.05, 0) is 12.5 Å². The van der Waals surface area contributed by atoms with Crippen LogP contribution in [0.4, 0.5) is 0 Å². The standard InChI is InChI=1S/C11H18N2O6S/c1-18-5-6-19-4-2-3-13-20(16,17)9-7-10(11(14)15)12-8-9/h7-8,12-13H,2-6H2,1H3,(H,14,15). The predicted octanol–water partition coefficient (Wildman–Crippen LogP) is 0.0443. The maximum atomic E-state index is 11.8. The Labute approximate surface area is 117 Å². The van der Waals surface area contributed by atoms with Gasteiger partial charge in [-0.15, -0.1) is 0 Å². The maximum absolute atomic E-state index is 11.8. The number of hydrogen-bond donors (Lipinski definition) is 3. The summed E-state index contributed by atoms with van der Waals surface area (Å²) in [6.45, 7) is 1.58. The van der Waals surface area contributed by atoms with Gasteiger partial charge in [0.05, 0.1) is 13.2 Å². The number of ether oxygens (including phenoxy) is 2. The third-order valence-corrected chi connectivity index (χ3v) is 3.83. The Morgan fingerprint density at radius 3 is 2.75 bits per heavy atom. The van der Waals surface area contributed by atoms with Crippen LogP contribution in [-0.4, -0.2) is 58.0 Å². The van der Waals surface area contributed by atoms with Crippen LogP contribution in [0.5, 0.6) is 0 Å². The minimum Gasteiger partial charge on any atom is -0.477 e. The first kappa shape index (κ1) is 16.6. The van der Waals surface area contributed by atoms with Crippen molar-refractivity contribution in [1.29, 1.82) is 0 Å². The Morgan fingerprint density at radius 1 is 1.40 bits per heavy atom. The lowest BCUT2D eigenvalue weighted by Gasteiger charge is -2.05. The van der Waals surface area contributed by atoms with E-state index in [1.54, 1.807) is 7.11 Å². The van der Waals surface area contributed by atoms with E-state index in [2.05, 4.69) is 9.71 Å². The first-order valence-electron chi connectivity index (χ1n) is 5.95. The molecule has 1 heterocycles. The molecule has 0 fully saturated rings. The van der Waals surface area contributed by atoms with Crippen molar-refractivity contribution < 1.29 is 27.8 Å². The summed E-state index contributed by atoms with van der Waals surface area (Å²) in [5.41, 5.74) is -0.173. The van der Waals surface area contributed by atoms with Crippen molar-refractivity contribution in [2.45, 2.75) is 11.3 Å². The Morgan fingerprint density at radius 2 is 2.15 bits per heavy atom. The van der Waals surface area contributed by atoms with Gasteiger partial charge in [0.1, 0.15) is 10.6 Å².